The zero-order valence-electron chi connectivity index (χ0n) is 10.6. The van der Waals surface area contributed by atoms with Crippen LogP contribution in [0.25, 0.3) is 0 Å². The molecule has 2 nitrogen and oxygen atoms in total. The molecule has 0 saturated carbocycles. The van der Waals surface area contributed by atoms with Crippen LogP contribution >= 0.6 is 38.5 Å². The summed E-state index contributed by atoms with van der Waals surface area (Å²) in [6, 6.07) is 11.5. The molecule has 98 valence electrons. The minimum absolute atomic E-state index is 0.0858. The molecule has 0 saturated heterocycles. The SMILES string of the molecule is Cc1cc(C)c(NC(=O)c2ccc(Br)cc2)c(I)c1. The van der Waals surface area contributed by atoms with E-state index < -0.39 is 0 Å². The number of halogens is 2. The van der Waals surface area contributed by atoms with Crippen molar-refractivity contribution in [2.75, 3.05) is 5.32 Å². The fourth-order valence-corrected chi connectivity index (χ4v) is 3.18. The summed E-state index contributed by atoms with van der Waals surface area (Å²) in [5.41, 5.74) is 3.82. The normalized spacial score (nSPS) is 10.3. The fraction of sp³-hybridized carbons (Fsp3) is 0.133. The highest BCUT2D eigenvalue weighted by Gasteiger charge is 2.10. The Morgan fingerprint density at radius 3 is 2.37 bits per heavy atom. The zero-order chi connectivity index (χ0) is 14.0. The molecule has 0 spiro atoms. The molecular formula is C15H13BrINO. The number of carbonyl (C=O) groups is 1. The van der Waals surface area contributed by atoms with E-state index in [0.29, 0.717) is 5.56 Å². The lowest BCUT2D eigenvalue weighted by Gasteiger charge is -2.12. The predicted molar refractivity (Wildman–Crippen MR) is 90.7 cm³/mol. The number of carbonyl (C=O) groups excluding carboxylic acids is 1. The summed E-state index contributed by atoms with van der Waals surface area (Å²) in [5.74, 6) is -0.0858. The molecule has 19 heavy (non-hydrogen) atoms. The van der Waals surface area contributed by atoms with Gasteiger partial charge in [-0.15, -0.1) is 0 Å². The molecule has 0 aliphatic heterocycles. The van der Waals surface area contributed by atoms with Crippen LogP contribution in [-0.2, 0) is 0 Å². The average molecular weight is 430 g/mol. The standard InChI is InChI=1S/C15H13BrINO/c1-9-7-10(2)14(13(17)8-9)18-15(19)11-3-5-12(16)6-4-11/h3-8H,1-2H3,(H,18,19). The molecule has 2 aromatic carbocycles. The highest BCUT2D eigenvalue weighted by molar-refractivity contribution is 14.1. The number of amides is 1. The maximum absolute atomic E-state index is 12.2. The third-order valence-corrected chi connectivity index (χ3v) is 4.16. The number of aryl methyl sites for hydroxylation is 2. The molecule has 0 heterocycles. The average Bonchev–Trinajstić information content (AvgIpc) is 2.34. The van der Waals surface area contributed by atoms with Crippen LogP contribution in [0.1, 0.15) is 21.5 Å². The van der Waals surface area contributed by atoms with Crippen LogP contribution < -0.4 is 5.32 Å². The van der Waals surface area contributed by atoms with Crippen molar-refractivity contribution in [1.29, 1.82) is 0 Å². The van der Waals surface area contributed by atoms with E-state index in [-0.39, 0.29) is 5.91 Å². The third-order valence-electron chi connectivity index (χ3n) is 2.78. The van der Waals surface area contributed by atoms with Crippen LogP contribution in [0.5, 0.6) is 0 Å². The number of hydrogen-bond acceptors (Lipinski definition) is 1. The van der Waals surface area contributed by atoms with Gasteiger partial charge in [-0.1, -0.05) is 22.0 Å². The van der Waals surface area contributed by atoms with Gasteiger partial charge in [0, 0.05) is 13.6 Å². The summed E-state index contributed by atoms with van der Waals surface area (Å²) in [6.45, 7) is 4.06. The van der Waals surface area contributed by atoms with Crippen molar-refractivity contribution in [3.63, 3.8) is 0 Å². The van der Waals surface area contributed by atoms with Crippen LogP contribution in [0.4, 0.5) is 5.69 Å². The second kappa shape index (κ2) is 6.05. The van der Waals surface area contributed by atoms with Crippen LogP contribution in [0.3, 0.4) is 0 Å². The van der Waals surface area contributed by atoms with Crippen molar-refractivity contribution in [1.82, 2.24) is 0 Å². The summed E-state index contributed by atoms with van der Waals surface area (Å²) in [4.78, 5) is 12.2. The first-order valence-electron chi connectivity index (χ1n) is 5.81. The molecule has 2 aromatic rings. The highest BCUT2D eigenvalue weighted by Crippen LogP contribution is 2.25. The minimum Gasteiger partial charge on any atom is -0.321 e. The van der Waals surface area contributed by atoms with Gasteiger partial charge in [-0.25, -0.2) is 0 Å². The van der Waals surface area contributed by atoms with Crippen LogP contribution in [0.2, 0.25) is 0 Å². The van der Waals surface area contributed by atoms with E-state index in [4.69, 9.17) is 0 Å². The van der Waals surface area contributed by atoms with E-state index >= 15 is 0 Å². The zero-order valence-corrected chi connectivity index (χ0v) is 14.4. The topological polar surface area (TPSA) is 29.1 Å². The summed E-state index contributed by atoms with van der Waals surface area (Å²) >= 11 is 5.61. The van der Waals surface area contributed by atoms with Gasteiger partial charge in [0.25, 0.3) is 5.91 Å². The van der Waals surface area contributed by atoms with Gasteiger partial charge in [-0.05, 0) is 77.9 Å². The van der Waals surface area contributed by atoms with Crippen molar-refractivity contribution in [3.8, 4) is 0 Å². The van der Waals surface area contributed by atoms with E-state index in [1.165, 1.54) is 5.56 Å². The van der Waals surface area contributed by atoms with Crippen LogP contribution in [0.15, 0.2) is 40.9 Å². The van der Waals surface area contributed by atoms with E-state index in [0.717, 1.165) is 19.3 Å². The summed E-state index contributed by atoms with van der Waals surface area (Å²) in [7, 11) is 0. The number of hydrogen-bond donors (Lipinski definition) is 1. The Balaban J connectivity index is 2.26. The maximum atomic E-state index is 12.2. The molecule has 0 atom stereocenters. The first-order chi connectivity index (χ1) is 8.97. The monoisotopic (exact) mass is 429 g/mol. The number of benzene rings is 2. The van der Waals surface area contributed by atoms with Crippen molar-refractivity contribution in [2.45, 2.75) is 13.8 Å². The van der Waals surface area contributed by atoms with Crippen molar-refractivity contribution >= 4 is 50.1 Å². The lowest BCUT2D eigenvalue weighted by Crippen LogP contribution is -2.13. The highest BCUT2D eigenvalue weighted by atomic mass is 127. The second-order valence-electron chi connectivity index (χ2n) is 4.40. The lowest BCUT2D eigenvalue weighted by molar-refractivity contribution is 0.102. The molecular weight excluding hydrogens is 417 g/mol. The second-order valence-corrected chi connectivity index (χ2v) is 6.48. The van der Waals surface area contributed by atoms with Gasteiger partial charge in [0.15, 0.2) is 0 Å². The van der Waals surface area contributed by atoms with Gasteiger partial charge in [0.2, 0.25) is 0 Å². The Hall–Kier alpha value is -0.880. The van der Waals surface area contributed by atoms with Gasteiger partial charge < -0.3 is 5.32 Å². The van der Waals surface area contributed by atoms with Gasteiger partial charge in [-0.3, -0.25) is 4.79 Å². The molecule has 1 N–H and O–H groups in total. The third kappa shape index (κ3) is 3.57. The van der Waals surface area contributed by atoms with Crippen molar-refractivity contribution < 1.29 is 4.79 Å². The number of rotatable bonds is 2. The summed E-state index contributed by atoms with van der Waals surface area (Å²) in [6.07, 6.45) is 0. The Bertz CT molecular complexity index is 600. The van der Waals surface area contributed by atoms with Crippen molar-refractivity contribution in [3.05, 3.63) is 61.1 Å². The fourth-order valence-electron chi connectivity index (χ4n) is 1.86. The number of anilines is 1. The molecule has 0 radical (unpaired) electrons. The van der Waals surface area contributed by atoms with E-state index in [2.05, 4.69) is 62.9 Å². The first-order valence-corrected chi connectivity index (χ1v) is 7.68. The molecule has 1 amide bonds. The quantitative estimate of drug-likeness (QED) is 0.674. The molecule has 0 aliphatic rings. The molecule has 0 bridgehead atoms. The van der Waals surface area contributed by atoms with Gasteiger partial charge in [0.1, 0.15) is 0 Å². The molecule has 0 unspecified atom stereocenters. The Kier molecular flexibility index (Phi) is 4.62. The molecule has 0 aromatic heterocycles. The largest absolute Gasteiger partial charge is 0.321 e. The number of nitrogens with one attached hydrogen (secondary N) is 1. The van der Waals surface area contributed by atoms with Crippen LogP contribution in [-0.4, -0.2) is 5.91 Å². The molecule has 4 heteroatoms. The van der Waals surface area contributed by atoms with Crippen LogP contribution in [0, 0.1) is 17.4 Å². The smallest absolute Gasteiger partial charge is 0.255 e. The molecule has 2 rings (SSSR count). The lowest BCUT2D eigenvalue weighted by atomic mass is 10.1. The van der Waals surface area contributed by atoms with Gasteiger partial charge in [-0.2, -0.15) is 0 Å². The minimum atomic E-state index is -0.0858. The first kappa shape index (κ1) is 14.5. The molecule has 0 fully saturated rings. The van der Waals surface area contributed by atoms with Gasteiger partial charge in [0.05, 0.1) is 5.69 Å². The van der Waals surface area contributed by atoms with Crippen molar-refractivity contribution in [2.24, 2.45) is 0 Å². The predicted octanol–water partition coefficient (Wildman–Crippen LogP) is 4.92. The maximum Gasteiger partial charge on any atom is 0.255 e. The Labute approximate surface area is 134 Å². The van der Waals surface area contributed by atoms with Gasteiger partial charge >= 0.3 is 0 Å². The summed E-state index contributed by atoms with van der Waals surface area (Å²) < 4.78 is 2.02. The molecule has 0 aliphatic carbocycles. The Morgan fingerprint density at radius 2 is 1.79 bits per heavy atom. The van der Waals surface area contributed by atoms with E-state index in [1.54, 1.807) is 12.1 Å². The Morgan fingerprint density at radius 1 is 1.16 bits per heavy atom. The van der Waals surface area contributed by atoms with E-state index in [9.17, 15) is 4.79 Å². The summed E-state index contributed by atoms with van der Waals surface area (Å²) in [5, 5.41) is 2.98. The van der Waals surface area contributed by atoms with E-state index in [1.807, 2.05) is 19.1 Å².